The van der Waals surface area contributed by atoms with Crippen molar-refractivity contribution in [3.8, 4) is 11.1 Å². The van der Waals surface area contributed by atoms with Crippen LogP contribution in [-0.2, 0) is 14.1 Å². The van der Waals surface area contributed by atoms with E-state index in [1.165, 1.54) is 11.1 Å². The summed E-state index contributed by atoms with van der Waals surface area (Å²) in [4.78, 5) is 0. The lowest BCUT2D eigenvalue weighted by Crippen LogP contribution is -3.00. The first kappa shape index (κ1) is 18.5. The summed E-state index contributed by atoms with van der Waals surface area (Å²) in [6, 6.07) is 8.48. The third-order valence-electron chi connectivity index (χ3n) is 2.29. The minimum absolute atomic E-state index is 0. The Hall–Kier alpha value is -0.830. The van der Waals surface area contributed by atoms with Crippen LogP contribution in [0, 0.1) is 0 Å². The Kier molecular flexibility index (Phi) is 9.04. The molecule has 0 unspecified atom stereocenters. The van der Waals surface area contributed by atoms with Crippen LogP contribution in [0.1, 0.15) is 0 Å². The first-order valence-electron chi connectivity index (χ1n) is 4.67. The maximum Gasteiger partial charge on any atom is 0.169 e. The number of pyridine rings is 2. The smallest absolute Gasteiger partial charge is 0.169 e. The Morgan fingerprint density at radius 1 is 0.647 bits per heavy atom. The van der Waals surface area contributed by atoms with Crippen LogP contribution in [-0.4, -0.2) is 0 Å². The lowest BCUT2D eigenvalue weighted by molar-refractivity contribution is -0.671. The number of nitrogens with zero attached hydrogens (tertiary/aromatic N) is 2. The predicted octanol–water partition coefficient (Wildman–Crippen LogP) is -4.57. The van der Waals surface area contributed by atoms with Crippen molar-refractivity contribution >= 4 is 12.4 Å². The third kappa shape index (κ3) is 4.90. The molecule has 0 aromatic carbocycles. The maximum absolute atomic E-state index is 2.12. The van der Waals surface area contributed by atoms with Gasteiger partial charge in [0.2, 0.25) is 0 Å². The van der Waals surface area contributed by atoms with Gasteiger partial charge in [-0.2, -0.15) is 0 Å². The van der Waals surface area contributed by atoms with E-state index in [9.17, 15) is 0 Å². The zero-order valence-electron chi connectivity index (χ0n) is 9.68. The first-order chi connectivity index (χ1) is 6.75. The molecule has 0 radical (unpaired) electrons. The monoisotopic (exact) mass is 292 g/mol. The van der Waals surface area contributed by atoms with Gasteiger partial charge in [-0.05, 0) is 11.1 Å². The lowest BCUT2D eigenvalue weighted by Gasteiger charge is -1.97. The first-order valence-corrected chi connectivity index (χ1v) is 4.67. The molecule has 2 heterocycles. The summed E-state index contributed by atoms with van der Waals surface area (Å²) < 4.78 is 4.07. The normalized spacial score (nSPS) is 8.35. The standard InChI is InChI=1S/C12H14N2.3ClH/c1-13-7-3-11(4-8-13)12-5-9-14(2)10-6-12;;;/h3-10H,1-2H3;3*1H/q+2;;;/p-2. The number of halogens is 3. The van der Waals surface area contributed by atoms with E-state index in [2.05, 4.69) is 49.1 Å². The summed E-state index contributed by atoms with van der Waals surface area (Å²) in [7, 11) is 4.05. The van der Waals surface area contributed by atoms with Crippen LogP contribution in [0.15, 0.2) is 49.1 Å². The summed E-state index contributed by atoms with van der Waals surface area (Å²) in [6.45, 7) is 0. The highest BCUT2D eigenvalue weighted by atomic mass is 35.5. The number of rotatable bonds is 1. The lowest BCUT2D eigenvalue weighted by atomic mass is 10.1. The van der Waals surface area contributed by atoms with Crippen LogP contribution in [0.5, 0.6) is 0 Å². The fourth-order valence-corrected chi connectivity index (χ4v) is 1.39. The van der Waals surface area contributed by atoms with Crippen LogP contribution in [0.4, 0.5) is 0 Å². The largest absolute Gasteiger partial charge is 1.00 e. The summed E-state index contributed by atoms with van der Waals surface area (Å²) in [5, 5.41) is 0. The van der Waals surface area contributed by atoms with Gasteiger partial charge in [0.05, 0.1) is 0 Å². The number of hydrogen-bond acceptors (Lipinski definition) is 0. The van der Waals surface area contributed by atoms with E-state index in [0.29, 0.717) is 0 Å². The predicted molar refractivity (Wildman–Crippen MR) is 61.5 cm³/mol. The van der Waals surface area contributed by atoms with E-state index < -0.39 is 0 Å². The van der Waals surface area contributed by atoms with Gasteiger partial charge in [0, 0.05) is 24.3 Å². The number of hydrogen-bond donors (Lipinski definition) is 0. The third-order valence-corrected chi connectivity index (χ3v) is 2.29. The molecule has 0 spiro atoms. The zero-order chi connectivity index (χ0) is 9.97. The fraction of sp³-hybridized carbons (Fsp3) is 0.167. The Morgan fingerprint density at radius 2 is 0.882 bits per heavy atom. The van der Waals surface area contributed by atoms with Crippen molar-refractivity contribution < 1.29 is 33.9 Å². The summed E-state index contributed by atoms with van der Waals surface area (Å²) in [5.74, 6) is 0. The average Bonchev–Trinajstić information content (AvgIpc) is 2.21. The van der Waals surface area contributed by atoms with Crippen molar-refractivity contribution in [2.75, 3.05) is 0 Å². The molecule has 0 aliphatic rings. The van der Waals surface area contributed by atoms with E-state index >= 15 is 0 Å². The SMILES string of the molecule is C[n+]1ccc(-c2cc[n+](C)cc2)cc1.Cl.[Cl-].[Cl-]. The molecule has 2 aromatic rings. The molecule has 2 nitrogen and oxygen atoms in total. The van der Waals surface area contributed by atoms with Gasteiger partial charge in [-0.1, -0.05) is 0 Å². The minimum atomic E-state index is 0. The molecule has 0 atom stereocenters. The zero-order valence-corrected chi connectivity index (χ0v) is 12.0. The van der Waals surface area contributed by atoms with Crippen LogP contribution in [0.2, 0.25) is 0 Å². The molecule has 0 aliphatic heterocycles. The molecule has 0 amide bonds. The highest BCUT2D eigenvalue weighted by molar-refractivity contribution is 5.85. The van der Waals surface area contributed by atoms with Crippen molar-refractivity contribution in [3.05, 3.63) is 49.1 Å². The number of aromatic nitrogens is 2. The van der Waals surface area contributed by atoms with Gasteiger partial charge in [-0.3, -0.25) is 0 Å². The van der Waals surface area contributed by atoms with Gasteiger partial charge in [0.15, 0.2) is 24.8 Å². The van der Waals surface area contributed by atoms with Gasteiger partial charge in [0.25, 0.3) is 0 Å². The summed E-state index contributed by atoms with van der Waals surface area (Å²) in [6.07, 6.45) is 8.23. The van der Waals surface area contributed by atoms with Gasteiger partial charge >= 0.3 is 0 Å². The Labute approximate surface area is 121 Å². The molecule has 17 heavy (non-hydrogen) atoms. The van der Waals surface area contributed by atoms with Crippen LogP contribution in [0.25, 0.3) is 11.1 Å². The molecular formula is C12H15Cl3N2. The van der Waals surface area contributed by atoms with E-state index in [1.54, 1.807) is 0 Å². The maximum atomic E-state index is 2.12. The summed E-state index contributed by atoms with van der Waals surface area (Å²) >= 11 is 0. The van der Waals surface area contributed by atoms with Crippen LogP contribution >= 0.6 is 12.4 Å². The second-order valence-electron chi connectivity index (χ2n) is 3.50. The topological polar surface area (TPSA) is 7.76 Å². The van der Waals surface area contributed by atoms with E-state index in [0.717, 1.165) is 0 Å². The van der Waals surface area contributed by atoms with Crippen molar-refractivity contribution in [2.45, 2.75) is 0 Å². The Balaban J connectivity index is 0. The quantitative estimate of drug-likeness (QED) is 0.468. The van der Waals surface area contributed by atoms with Gasteiger partial charge in [-0.25, -0.2) is 9.13 Å². The fourth-order valence-electron chi connectivity index (χ4n) is 1.39. The molecule has 0 fully saturated rings. The average molecular weight is 294 g/mol. The van der Waals surface area contributed by atoms with E-state index in [4.69, 9.17) is 0 Å². The molecule has 0 saturated heterocycles. The van der Waals surface area contributed by atoms with Gasteiger partial charge in [-0.15, -0.1) is 12.4 Å². The Morgan fingerprint density at radius 3 is 1.12 bits per heavy atom. The highest BCUT2D eigenvalue weighted by Crippen LogP contribution is 2.14. The molecule has 94 valence electrons. The van der Waals surface area contributed by atoms with Gasteiger partial charge < -0.3 is 24.8 Å². The van der Waals surface area contributed by atoms with Crippen molar-refractivity contribution in [1.82, 2.24) is 0 Å². The van der Waals surface area contributed by atoms with E-state index in [1.807, 2.05) is 23.2 Å². The Bertz CT molecular complexity index is 383. The molecule has 2 rings (SSSR count). The van der Waals surface area contributed by atoms with Crippen molar-refractivity contribution in [1.29, 1.82) is 0 Å². The number of aryl methyl sites for hydroxylation is 2. The minimum Gasteiger partial charge on any atom is -1.00 e. The molecule has 0 N–H and O–H groups in total. The molecule has 2 aromatic heterocycles. The second kappa shape index (κ2) is 8.29. The van der Waals surface area contributed by atoms with E-state index in [-0.39, 0.29) is 37.2 Å². The molecular weight excluding hydrogens is 279 g/mol. The highest BCUT2D eigenvalue weighted by Gasteiger charge is 2.00. The van der Waals surface area contributed by atoms with Crippen LogP contribution in [0.3, 0.4) is 0 Å². The van der Waals surface area contributed by atoms with Crippen LogP contribution < -0.4 is 33.9 Å². The second-order valence-corrected chi connectivity index (χ2v) is 3.50. The molecule has 0 aliphatic carbocycles. The van der Waals surface area contributed by atoms with Crippen molar-refractivity contribution in [3.63, 3.8) is 0 Å². The molecule has 0 bridgehead atoms. The molecule has 0 saturated carbocycles. The molecule has 5 heteroatoms. The van der Waals surface area contributed by atoms with Gasteiger partial charge in [0.1, 0.15) is 14.1 Å². The summed E-state index contributed by atoms with van der Waals surface area (Å²) in [5.41, 5.74) is 2.51. The van der Waals surface area contributed by atoms with Crippen molar-refractivity contribution in [2.24, 2.45) is 14.1 Å².